The van der Waals surface area contributed by atoms with Gasteiger partial charge in [-0.05, 0) is 44.1 Å². The minimum atomic E-state index is -0.747. The highest BCUT2D eigenvalue weighted by atomic mass is 16.2. The molecule has 0 heterocycles. The van der Waals surface area contributed by atoms with Crippen LogP contribution >= 0.6 is 0 Å². The van der Waals surface area contributed by atoms with Crippen LogP contribution in [0.4, 0.5) is 0 Å². The maximum atomic E-state index is 12.8. The molecule has 5 N–H and O–H groups in total. The molecular weight excluding hydrogens is 360 g/mol. The highest BCUT2D eigenvalue weighted by molar-refractivity contribution is 5.92. The van der Waals surface area contributed by atoms with Gasteiger partial charge in [-0.3, -0.25) is 14.4 Å². The average Bonchev–Trinajstić information content (AvgIpc) is 2.61. The molecule has 28 heavy (non-hydrogen) atoms. The van der Waals surface area contributed by atoms with Gasteiger partial charge in [0, 0.05) is 6.42 Å². The van der Waals surface area contributed by atoms with Gasteiger partial charge in [0.1, 0.15) is 18.4 Å². The quantitative estimate of drug-likeness (QED) is 0.240. The summed E-state index contributed by atoms with van der Waals surface area (Å²) < 4.78 is 0. The predicted molar refractivity (Wildman–Crippen MR) is 109 cm³/mol. The number of nitrogens with one attached hydrogen (secondary N) is 3. The molecule has 0 aliphatic heterocycles. The Kier molecular flexibility index (Phi) is 14.0. The fourth-order valence-corrected chi connectivity index (χ4v) is 2.82. The first kappa shape index (κ1) is 26.0. The van der Waals surface area contributed by atoms with Gasteiger partial charge in [0.05, 0.1) is 6.54 Å². The normalized spacial score (nSPS) is 13.1. The molecule has 8 nitrogen and oxygen atoms in total. The summed E-state index contributed by atoms with van der Waals surface area (Å²) in [4.78, 5) is 47.7. The minimum Gasteiger partial charge on any atom is -0.348 e. The van der Waals surface area contributed by atoms with E-state index in [9.17, 15) is 19.2 Å². The van der Waals surface area contributed by atoms with E-state index in [1.54, 1.807) is 0 Å². The number of nitrogens with two attached hydrogens (primary N) is 1. The minimum absolute atomic E-state index is 0.0990. The van der Waals surface area contributed by atoms with Crippen LogP contribution in [0, 0.1) is 11.8 Å². The van der Waals surface area contributed by atoms with Crippen LogP contribution in [0.1, 0.15) is 66.2 Å². The van der Waals surface area contributed by atoms with Gasteiger partial charge in [-0.1, -0.05) is 34.1 Å². The number of unbranched alkanes of at least 4 members (excludes halogenated alkanes) is 2. The number of amides is 3. The third kappa shape index (κ3) is 12.4. The third-order valence-corrected chi connectivity index (χ3v) is 4.17. The number of aldehydes is 1. The van der Waals surface area contributed by atoms with Gasteiger partial charge in [0.15, 0.2) is 0 Å². The Morgan fingerprint density at radius 1 is 0.857 bits per heavy atom. The van der Waals surface area contributed by atoms with Crippen LogP contribution in [-0.4, -0.2) is 49.2 Å². The first-order valence-electron chi connectivity index (χ1n) is 10.2. The lowest BCUT2D eigenvalue weighted by Crippen LogP contribution is -2.54. The molecule has 0 aromatic heterocycles. The van der Waals surface area contributed by atoms with Crippen LogP contribution in [0.5, 0.6) is 0 Å². The summed E-state index contributed by atoms with van der Waals surface area (Å²) in [5.74, 6) is -0.584. The van der Waals surface area contributed by atoms with Gasteiger partial charge in [0.2, 0.25) is 17.7 Å². The van der Waals surface area contributed by atoms with E-state index in [0.717, 1.165) is 19.3 Å². The highest BCUT2D eigenvalue weighted by Crippen LogP contribution is 2.09. The van der Waals surface area contributed by atoms with Crippen molar-refractivity contribution in [1.29, 1.82) is 0 Å². The summed E-state index contributed by atoms with van der Waals surface area (Å²) in [5.41, 5.74) is 5.45. The maximum absolute atomic E-state index is 12.8. The van der Waals surface area contributed by atoms with E-state index >= 15 is 0 Å². The Balaban J connectivity index is 4.95. The van der Waals surface area contributed by atoms with Crippen LogP contribution in [0.25, 0.3) is 0 Å². The van der Waals surface area contributed by atoms with Gasteiger partial charge in [-0.2, -0.15) is 0 Å². The summed E-state index contributed by atoms with van der Waals surface area (Å²) >= 11 is 0. The smallest absolute Gasteiger partial charge is 0.243 e. The molecule has 0 fully saturated rings. The van der Waals surface area contributed by atoms with Crippen molar-refractivity contribution in [3.63, 3.8) is 0 Å². The van der Waals surface area contributed by atoms with Gasteiger partial charge in [0.25, 0.3) is 0 Å². The molecule has 0 spiro atoms. The Morgan fingerprint density at radius 3 is 1.93 bits per heavy atom. The van der Waals surface area contributed by atoms with Crippen LogP contribution in [0.15, 0.2) is 0 Å². The van der Waals surface area contributed by atoms with E-state index in [2.05, 4.69) is 16.0 Å². The fourth-order valence-electron chi connectivity index (χ4n) is 2.82. The Bertz CT molecular complexity index is 495. The maximum Gasteiger partial charge on any atom is 0.243 e. The molecule has 0 saturated heterocycles. The summed E-state index contributed by atoms with van der Waals surface area (Å²) in [5, 5.41) is 8.03. The summed E-state index contributed by atoms with van der Waals surface area (Å²) in [6, 6.07) is -1.45. The lowest BCUT2D eigenvalue weighted by Gasteiger charge is -2.25. The van der Waals surface area contributed by atoms with Crippen molar-refractivity contribution in [2.24, 2.45) is 17.6 Å². The predicted octanol–water partition coefficient (Wildman–Crippen LogP) is 0.882. The van der Waals surface area contributed by atoms with Crippen molar-refractivity contribution in [3.8, 4) is 0 Å². The molecule has 0 bridgehead atoms. The topological polar surface area (TPSA) is 130 Å². The SMILES string of the molecule is CC(C)CC(NC(=O)CCCCCN)C(=O)NC(CC(C)C)C(=O)NCC=O. The molecule has 0 aliphatic rings. The van der Waals surface area contributed by atoms with Crippen LogP contribution < -0.4 is 21.7 Å². The monoisotopic (exact) mass is 398 g/mol. The van der Waals surface area contributed by atoms with Gasteiger partial charge < -0.3 is 26.5 Å². The first-order chi connectivity index (χ1) is 13.2. The van der Waals surface area contributed by atoms with E-state index in [1.807, 2.05) is 27.7 Å². The Hall–Kier alpha value is -1.96. The van der Waals surface area contributed by atoms with Crippen molar-refractivity contribution in [1.82, 2.24) is 16.0 Å². The Labute approximate surface area is 168 Å². The summed E-state index contributed by atoms with van der Waals surface area (Å²) in [6.07, 6.45) is 4.33. The highest BCUT2D eigenvalue weighted by Gasteiger charge is 2.27. The van der Waals surface area contributed by atoms with Crippen molar-refractivity contribution in [2.75, 3.05) is 13.1 Å². The molecule has 0 radical (unpaired) electrons. The number of hydrogen-bond donors (Lipinski definition) is 4. The zero-order chi connectivity index (χ0) is 21.5. The summed E-state index contributed by atoms with van der Waals surface area (Å²) in [7, 11) is 0. The molecule has 2 unspecified atom stereocenters. The van der Waals surface area contributed by atoms with Gasteiger partial charge in [-0.25, -0.2) is 0 Å². The van der Waals surface area contributed by atoms with E-state index in [1.165, 1.54) is 0 Å². The zero-order valence-corrected chi connectivity index (χ0v) is 17.8. The van der Waals surface area contributed by atoms with Gasteiger partial charge >= 0.3 is 0 Å². The molecule has 0 aliphatic carbocycles. The second kappa shape index (κ2) is 15.0. The van der Waals surface area contributed by atoms with Crippen molar-refractivity contribution < 1.29 is 19.2 Å². The van der Waals surface area contributed by atoms with E-state index in [0.29, 0.717) is 32.1 Å². The molecule has 0 aromatic carbocycles. The number of carbonyl (C=O) groups excluding carboxylic acids is 4. The molecule has 3 amide bonds. The zero-order valence-electron chi connectivity index (χ0n) is 17.8. The van der Waals surface area contributed by atoms with E-state index in [4.69, 9.17) is 5.73 Å². The largest absolute Gasteiger partial charge is 0.348 e. The number of rotatable bonds is 15. The fraction of sp³-hybridized carbons (Fsp3) is 0.800. The number of carbonyl (C=O) groups is 4. The van der Waals surface area contributed by atoms with Crippen molar-refractivity contribution in [3.05, 3.63) is 0 Å². The van der Waals surface area contributed by atoms with Crippen LogP contribution in [0.3, 0.4) is 0 Å². The van der Waals surface area contributed by atoms with Crippen LogP contribution in [0.2, 0.25) is 0 Å². The van der Waals surface area contributed by atoms with E-state index < -0.39 is 18.0 Å². The standard InChI is InChI=1S/C20H38N4O4/c1-14(2)12-16(19(27)22-10-11-25)24-20(28)17(13-15(3)4)23-18(26)8-6-5-7-9-21/h11,14-17H,5-10,12-13,21H2,1-4H3,(H,22,27)(H,23,26)(H,24,28). The second-order valence-corrected chi connectivity index (χ2v) is 7.95. The molecule has 0 saturated carbocycles. The molecule has 2 atom stereocenters. The average molecular weight is 399 g/mol. The lowest BCUT2D eigenvalue weighted by molar-refractivity contribution is -0.132. The molecule has 0 aromatic rings. The van der Waals surface area contributed by atoms with E-state index in [-0.39, 0.29) is 30.2 Å². The summed E-state index contributed by atoms with van der Waals surface area (Å²) in [6.45, 7) is 8.33. The second-order valence-electron chi connectivity index (χ2n) is 7.95. The van der Waals surface area contributed by atoms with Crippen molar-refractivity contribution >= 4 is 24.0 Å². The molecule has 0 rings (SSSR count). The third-order valence-electron chi connectivity index (χ3n) is 4.17. The van der Waals surface area contributed by atoms with Crippen LogP contribution in [-0.2, 0) is 19.2 Å². The molecule has 162 valence electrons. The molecule has 8 heteroatoms. The Morgan fingerprint density at radius 2 is 1.43 bits per heavy atom. The molecular formula is C20H38N4O4. The number of hydrogen-bond acceptors (Lipinski definition) is 5. The van der Waals surface area contributed by atoms with Gasteiger partial charge in [-0.15, -0.1) is 0 Å². The lowest BCUT2D eigenvalue weighted by atomic mass is 10.00. The first-order valence-corrected chi connectivity index (χ1v) is 10.2. The van der Waals surface area contributed by atoms with Crippen molar-refractivity contribution in [2.45, 2.75) is 78.3 Å².